The lowest BCUT2D eigenvalue weighted by molar-refractivity contribution is 0.500. The van der Waals surface area contributed by atoms with Crippen LogP contribution >= 0.6 is 0 Å². The third kappa shape index (κ3) is 1.41. The fourth-order valence-electron chi connectivity index (χ4n) is 3.58. The molecule has 2 saturated carbocycles. The van der Waals surface area contributed by atoms with Crippen LogP contribution in [0, 0.1) is 24.7 Å². The Morgan fingerprint density at radius 1 is 1.20 bits per heavy atom. The number of rotatable bonds is 2. The Morgan fingerprint density at radius 2 is 1.87 bits per heavy atom. The van der Waals surface area contributed by atoms with Gasteiger partial charge < -0.3 is 5.73 Å². The van der Waals surface area contributed by atoms with E-state index in [0.717, 1.165) is 17.8 Å². The molecule has 0 radical (unpaired) electrons. The fraction of sp³-hybridized carbons (Fsp3) is 0.571. The molecule has 3 atom stereocenters. The van der Waals surface area contributed by atoms with Gasteiger partial charge in [-0.3, -0.25) is 0 Å². The van der Waals surface area contributed by atoms with E-state index in [1.165, 1.54) is 30.4 Å². The van der Waals surface area contributed by atoms with Crippen molar-refractivity contribution in [2.75, 3.05) is 0 Å². The first-order valence-electron chi connectivity index (χ1n) is 6.10. The van der Waals surface area contributed by atoms with Crippen molar-refractivity contribution in [3.05, 3.63) is 35.4 Å². The molecule has 3 unspecified atom stereocenters. The Balaban J connectivity index is 1.81. The molecule has 1 aromatic carbocycles. The van der Waals surface area contributed by atoms with E-state index in [4.69, 9.17) is 5.73 Å². The van der Waals surface area contributed by atoms with Crippen LogP contribution in [0.1, 0.15) is 36.4 Å². The van der Waals surface area contributed by atoms with Crippen LogP contribution in [-0.4, -0.2) is 0 Å². The molecule has 0 heterocycles. The summed E-state index contributed by atoms with van der Waals surface area (Å²) in [6, 6.07) is 8.88. The van der Waals surface area contributed by atoms with Gasteiger partial charge in [-0.1, -0.05) is 30.7 Å². The second-order valence-corrected chi connectivity index (χ2v) is 5.22. The minimum atomic E-state index is 0.293. The molecule has 2 aliphatic carbocycles. The fourth-order valence-corrected chi connectivity index (χ4v) is 3.58. The zero-order chi connectivity index (χ0) is 10.4. The van der Waals surface area contributed by atoms with Crippen molar-refractivity contribution in [2.24, 2.45) is 23.5 Å². The molecular weight excluding hydrogens is 182 g/mol. The summed E-state index contributed by atoms with van der Waals surface area (Å²) in [5.41, 5.74) is 9.12. The standard InChI is InChI=1S/C14H19N/c1-9-5-2-3-6-10(9)14(15)13-11-7-4-8-12(11)13/h2-3,5-6,11-14H,4,7-8,15H2,1H3. The van der Waals surface area contributed by atoms with E-state index in [-0.39, 0.29) is 0 Å². The molecule has 2 aliphatic rings. The molecule has 3 rings (SSSR count). The van der Waals surface area contributed by atoms with E-state index in [1.54, 1.807) is 0 Å². The van der Waals surface area contributed by atoms with Gasteiger partial charge in [-0.2, -0.15) is 0 Å². The Bertz CT molecular complexity index is 361. The maximum absolute atomic E-state index is 6.39. The van der Waals surface area contributed by atoms with Gasteiger partial charge in [-0.05, 0) is 48.6 Å². The third-order valence-corrected chi connectivity index (χ3v) is 4.44. The number of hydrogen-bond acceptors (Lipinski definition) is 1. The molecule has 80 valence electrons. The number of nitrogens with two attached hydrogens (primary N) is 1. The van der Waals surface area contributed by atoms with Gasteiger partial charge in [0.1, 0.15) is 0 Å². The van der Waals surface area contributed by atoms with E-state index >= 15 is 0 Å². The van der Waals surface area contributed by atoms with Crippen molar-refractivity contribution in [1.29, 1.82) is 0 Å². The number of hydrogen-bond donors (Lipinski definition) is 1. The van der Waals surface area contributed by atoms with Crippen molar-refractivity contribution < 1.29 is 0 Å². The van der Waals surface area contributed by atoms with Crippen LogP contribution in [0.15, 0.2) is 24.3 Å². The van der Waals surface area contributed by atoms with E-state index in [2.05, 4.69) is 31.2 Å². The molecule has 0 spiro atoms. The molecule has 15 heavy (non-hydrogen) atoms. The highest BCUT2D eigenvalue weighted by atomic mass is 14.7. The topological polar surface area (TPSA) is 26.0 Å². The number of benzene rings is 1. The summed E-state index contributed by atoms with van der Waals surface area (Å²) in [4.78, 5) is 0. The van der Waals surface area contributed by atoms with Gasteiger partial charge in [0.15, 0.2) is 0 Å². The van der Waals surface area contributed by atoms with Crippen LogP contribution in [0.4, 0.5) is 0 Å². The highest BCUT2D eigenvalue weighted by molar-refractivity contribution is 5.31. The summed E-state index contributed by atoms with van der Waals surface area (Å²) in [5, 5.41) is 0. The quantitative estimate of drug-likeness (QED) is 0.782. The Hall–Kier alpha value is -0.820. The number of aryl methyl sites for hydroxylation is 1. The molecule has 0 aliphatic heterocycles. The normalized spacial score (nSPS) is 34.9. The smallest absolute Gasteiger partial charge is 0.0331 e. The lowest BCUT2D eigenvalue weighted by Crippen LogP contribution is -2.16. The lowest BCUT2D eigenvalue weighted by atomic mass is 9.94. The number of fused-ring (bicyclic) bond motifs is 1. The summed E-state index contributed by atoms with van der Waals surface area (Å²) in [7, 11) is 0. The molecule has 0 amide bonds. The summed E-state index contributed by atoms with van der Waals surface area (Å²) < 4.78 is 0. The molecular formula is C14H19N. The average molecular weight is 201 g/mol. The van der Waals surface area contributed by atoms with Crippen LogP contribution in [0.5, 0.6) is 0 Å². The maximum Gasteiger partial charge on any atom is 0.0331 e. The molecule has 0 saturated heterocycles. The molecule has 2 fully saturated rings. The van der Waals surface area contributed by atoms with Gasteiger partial charge in [-0.25, -0.2) is 0 Å². The van der Waals surface area contributed by atoms with Gasteiger partial charge in [0.2, 0.25) is 0 Å². The Labute approximate surface area is 91.7 Å². The first-order valence-corrected chi connectivity index (χ1v) is 6.10. The van der Waals surface area contributed by atoms with Gasteiger partial charge in [-0.15, -0.1) is 0 Å². The van der Waals surface area contributed by atoms with Crippen molar-refractivity contribution in [3.63, 3.8) is 0 Å². The molecule has 0 bridgehead atoms. The molecule has 0 aromatic heterocycles. The summed E-state index contributed by atoms with van der Waals surface area (Å²) in [5.74, 6) is 2.71. The third-order valence-electron chi connectivity index (χ3n) is 4.44. The second-order valence-electron chi connectivity index (χ2n) is 5.22. The first-order chi connectivity index (χ1) is 7.29. The average Bonchev–Trinajstić information content (AvgIpc) is 2.72. The predicted octanol–water partition coefficient (Wildman–Crippen LogP) is 3.04. The van der Waals surface area contributed by atoms with Crippen molar-refractivity contribution >= 4 is 0 Å². The maximum atomic E-state index is 6.39. The van der Waals surface area contributed by atoms with Gasteiger partial charge in [0.25, 0.3) is 0 Å². The monoisotopic (exact) mass is 201 g/mol. The summed E-state index contributed by atoms with van der Waals surface area (Å²) in [6.45, 7) is 2.17. The summed E-state index contributed by atoms with van der Waals surface area (Å²) in [6.07, 6.45) is 4.29. The zero-order valence-electron chi connectivity index (χ0n) is 9.32. The predicted molar refractivity (Wildman–Crippen MR) is 62.4 cm³/mol. The van der Waals surface area contributed by atoms with Crippen LogP contribution in [0.25, 0.3) is 0 Å². The molecule has 1 heteroatoms. The Morgan fingerprint density at radius 3 is 2.53 bits per heavy atom. The zero-order valence-corrected chi connectivity index (χ0v) is 9.32. The largest absolute Gasteiger partial charge is 0.324 e. The van der Waals surface area contributed by atoms with Crippen molar-refractivity contribution in [2.45, 2.75) is 32.2 Å². The van der Waals surface area contributed by atoms with Crippen LogP contribution in [-0.2, 0) is 0 Å². The van der Waals surface area contributed by atoms with Crippen molar-refractivity contribution in [3.8, 4) is 0 Å². The highest BCUT2D eigenvalue weighted by Gasteiger charge is 2.55. The van der Waals surface area contributed by atoms with Crippen molar-refractivity contribution in [1.82, 2.24) is 0 Å². The van der Waals surface area contributed by atoms with Gasteiger partial charge in [0, 0.05) is 6.04 Å². The lowest BCUT2D eigenvalue weighted by Gasteiger charge is -2.16. The van der Waals surface area contributed by atoms with Gasteiger partial charge in [0.05, 0.1) is 0 Å². The summed E-state index contributed by atoms with van der Waals surface area (Å²) >= 11 is 0. The van der Waals surface area contributed by atoms with Gasteiger partial charge >= 0.3 is 0 Å². The van der Waals surface area contributed by atoms with E-state index in [1.807, 2.05) is 0 Å². The van der Waals surface area contributed by atoms with E-state index in [9.17, 15) is 0 Å². The highest BCUT2D eigenvalue weighted by Crippen LogP contribution is 2.61. The van der Waals surface area contributed by atoms with E-state index < -0.39 is 0 Å². The SMILES string of the molecule is Cc1ccccc1C(N)C1C2CCCC21. The van der Waals surface area contributed by atoms with Crippen LogP contribution in [0.2, 0.25) is 0 Å². The second kappa shape index (κ2) is 3.34. The molecule has 1 aromatic rings. The first kappa shape index (κ1) is 9.41. The van der Waals surface area contributed by atoms with Crippen LogP contribution < -0.4 is 5.73 Å². The Kier molecular flexibility index (Phi) is 2.10. The molecule has 1 nitrogen and oxygen atoms in total. The molecule has 2 N–H and O–H groups in total. The van der Waals surface area contributed by atoms with E-state index in [0.29, 0.717) is 6.04 Å². The minimum absolute atomic E-state index is 0.293. The van der Waals surface area contributed by atoms with Crippen LogP contribution in [0.3, 0.4) is 0 Å². The minimum Gasteiger partial charge on any atom is -0.324 e.